The van der Waals surface area contributed by atoms with Gasteiger partial charge in [0.1, 0.15) is 5.82 Å². The van der Waals surface area contributed by atoms with E-state index in [4.69, 9.17) is 23.2 Å². The molecule has 2 aromatic heterocycles. The number of aromatic nitrogens is 3. The fraction of sp³-hybridized carbons (Fsp3) is 0.462. The predicted octanol–water partition coefficient (Wildman–Crippen LogP) is 5.69. The molecule has 37 heavy (non-hydrogen) atoms. The molecular weight excluding hydrogens is 517 g/mol. The Kier molecular flexibility index (Phi) is 9.39. The SMILES string of the molecule is CCCC[C@@H]([C@@H](O)C(=O)Nc1ccccn1)N(C(=O)O)C(Cn1cnc2cc(Cl)c(Cl)cc21)C(C)(C)C. The van der Waals surface area contributed by atoms with Gasteiger partial charge in [-0.2, -0.15) is 0 Å². The number of unbranched alkanes of at least 4 members (excludes halogenated alkanes) is 1. The average Bonchev–Trinajstić information content (AvgIpc) is 3.21. The molecule has 0 saturated heterocycles. The van der Waals surface area contributed by atoms with E-state index < -0.39 is 35.6 Å². The first-order valence-electron chi connectivity index (χ1n) is 12.1. The van der Waals surface area contributed by atoms with E-state index in [0.717, 1.165) is 6.42 Å². The molecule has 0 aliphatic carbocycles. The van der Waals surface area contributed by atoms with E-state index in [2.05, 4.69) is 15.3 Å². The molecular formula is C26H33Cl2N5O4. The molecule has 0 spiro atoms. The van der Waals surface area contributed by atoms with Crippen LogP contribution in [0.2, 0.25) is 10.0 Å². The van der Waals surface area contributed by atoms with Crippen molar-refractivity contribution in [1.29, 1.82) is 0 Å². The maximum Gasteiger partial charge on any atom is 0.407 e. The summed E-state index contributed by atoms with van der Waals surface area (Å²) in [6, 6.07) is 6.75. The van der Waals surface area contributed by atoms with E-state index in [0.29, 0.717) is 33.9 Å². The number of amides is 2. The third kappa shape index (κ3) is 6.91. The number of halogens is 2. The van der Waals surface area contributed by atoms with Gasteiger partial charge in [0.05, 0.1) is 39.5 Å². The number of benzene rings is 1. The molecule has 3 atom stereocenters. The van der Waals surface area contributed by atoms with E-state index in [1.54, 1.807) is 36.7 Å². The van der Waals surface area contributed by atoms with Crippen molar-refractivity contribution in [2.24, 2.45) is 5.41 Å². The zero-order valence-electron chi connectivity index (χ0n) is 21.4. The molecule has 9 nitrogen and oxygen atoms in total. The van der Waals surface area contributed by atoms with Gasteiger partial charge in [-0.15, -0.1) is 0 Å². The zero-order valence-corrected chi connectivity index (χ0v) is 22.9. The maximum atomic E-state index is 13.0. The van der Waals surface area contributed by atoms with Crippen LogP contribution in [0.4, 0.5) is 10.6 Å². The molecule has 0 bridgehead atoms. The van der Waals surface area contributed by atoms with Crippen molar-refractivity contribution in [3.63, 3.8) is 0 Å². The summed E-state index contributed by atoms with van der Waals surface area (Å²) in [4.78, 5) is 35.5. The van der Waals surface area contributed by atoms with Crippen LogP contribution in [-0.2, 0) is 11.3 Å². The minimum atomic E-state index is -1.61. The van der Waals surface area contributed by atoms with Gasteiger partial charge in [-0.25, -0.2) is 14.8 Å². The second-order valence-electron chi connectivity index (χ2n) is 10.1. The molecule has 1 unspecified atom stereocenters. The minimum Gasteiger partial charge on any atom is -0.465 e. The van der Waals surface area contributed by atoms with E-state index in [1.165, 1.54) is 11.1 Å². The van der Waals surface area contributed by atoms with Crippen LogP contribution in [0.5, 0.6) is 0 Å². The Morgan fingerprint density at radius 1 is 1.16 bits per heavy atom. The summed E-state index contributed by atoms with van der Waals surface area (Å²) < 4.78 is 1.82. The lowest BCUT2D eigenvalue weighted by Crippen LogP contribution is -2.59. The van der Waals surface area contributed by atoms with Crippen LogP contribution in [0.3, 0.4) is 0 Å². The Morgan fingerprint density at radius 2 is 1.86 bits per heavy atom. The number of carbonyl (C=O) groups is 2. The topological polar surface area (TPSA) is 121 Å². The molecule has 1 aromatic carbocycles. The number of pyridine rings is 1. The molecule has 200 valence electrons. The van der Waals surface area contributed by atoms with Gasteiger partial charge in [0, 0.05) is 12.7 Å². The van der Waals surface area contributed by atoms with Gasteiger partial charge in [-0.3, -0.25) is 9.69 Å². The van der Waals surface area contributed by atoms with Crippen molar-refractivity contribution in [1.82, 2.24) is 19.4 Å². The highest BCUT2D eigenvalue weighted by Crippen LogP contribution is 2.33. The second kappa shape index (κ2) is 12.1. The minimum absolute atomic E-state index is 0.224. The van der Waals surface area contributed by atoms with Crippen LogP contribution < -0.4 is 5.32 Å². The first-order chi connectivity index (χ1) is 17.4. The van der Waals surface area contributed by atoms with Crippen molar-refractivity contribution in [2.75, 3.05) is 5.32 Å². The fourth-order valence-corrected chi connectivity index (χ4v) is 4.66. The van der Waals surface area contributed by atoms with Gasteiger partial charge in [-0.05, 0) is 36.1 Å². The Morgan fingerprint density at radius 3 is 2.46 bits per heavy atom. The lowest BCUT2D eigenvalue weighted by Gasteiger charge is -2.44. The number of hydrogen-bond donors (Lipinski definition) is 3. The highest BCUT2D eigenvalue weighted by atomic mass is 35.5. The van der Waals surface area contributed by atoms with Crippen molar-refractivity contribution < 1.29 is 19.8 Å². The van der Waals surface area contributed by atoms with E-state index in [-0.39, 0.29) is 12.4 Å². The maximum absolute atomic E-state index is 13.0. The molecule has 3 rings (SSSR count). The molecule has 0 fully saturated rings. The monoisotopic (exact) mass is 549 g/mol. The second-order valence-corrected chi connectivity index (χ2v) is 10.9. The lowest BCUT2D eigenvalue weighted by molar-refractivity contribution is -0.128. The van der Waals surface area contributed by atoms with E-state index in [1.807, 2.05) is 32.3 Å². The Labute approximate surface area is 226 Å². The largest absolute Gasteiger partial charge is 0.465 e. The van der Waals surface area contributed by atoms with Gasteiger partial charge in [-0.1, -0.05) is 69.8 Å². The number of fused-ring (bicyclic) bond motifs is 1. The third-order valence-corrected chi connectivity index (χ3v) is 7.07. The first-order valence-corrected chi connectivity index (χ1v) is 12.9. The van der Waals surface area contributed by atoms with Crippen LogP contribution in [0.15, 0.2) is 42.9 Å². The van der Waals surface area contributed by atoms with Crippen LogP contribution >= 0.6 is 23.2 Å². The van der Waals surface area contributed by atoms with Crippen molar-refractivity contribution in [2.45, 2.75) is 71.7 Å². The van der Waals surface area contributed by atoms with Crippen molar-refractivity contribution >= 4 is 52.1 Å². The summed E-state index contributed by atoms with van der Waals surface area (Å²) in [6.45, 7) is 7.97. The Hall–Kier alpha value is -2.88. The number of imidazole rings is 1. The number of nitrogens with zero attached hydrogens (tertiary/aromatic N) is 4. The normalized spacial score (nSPS) is 14.2. The molecule has 2 heterocycles. The van der Waals surface area contributed by atoms with Gasteiger partial charge in [0.2, 0.25) is 0 Å². The molecule has 2 amide bonds. The number of carbonyl (C=O) groups excluding carboxylic acids is 1. The highest BCUT2D eigenvalue weighted by Gasteiger charge is 2.42. The summed E-state index contributed by atoms with van der Waals surface area (Å²) in [5.41, 5.74) is 0.765. The Bertz CT molecular complexity index is 1230. The summed E-state index contributed by atoms with van der Waals surface area (Å²) in [7, 11) is 0. The van der Waals surface area contributed by atoms with Crippen molar-refractivity contribution in [3.8, 4) is 0 Å². The summed E-state index contributed by atoms with van der Waals surface area (Å²) in [5, 5.41) is 24.9. The summed E-state index contributed by atoms with van der Waals surface area (Å²) >= 11 is 12.4. The zero-order chi connectivity index (χ0) is 27.3. The molecule has 3 N–H and O–H groups in total. The number of carboxylic acid groups (broad SMARTS) is 1. The third-order valence-electron chi connectivity index (χ3n) is 6.35. The van der Waals surface area contributed by atoms with Gasteiger partial charge in [0.25, 0.3) is 5.91 Å². The van der Waals surface area contributed by atoms with E-state index >= 15 is 0 Å². The van der Waals surface area contributed by atoms with E-state index in [9.17, 15) is 19.8 Å². The highest BCUT2D eigenvalue weighted by molar-refractivity contribution is 6.42. The van der Waals surface area contributed by atoms with Crippen LogP contribution in [0, 0.1) is 5.41 Å². The molecule has 0 saturated carbocycles. The first kappa shape index (κ1) is 28.7. The molecule has 0 aliphatic heterocycles. The smallest absolute Gasteiger partial charge is 0.407 e. The Balaban J connectivity index is 2.00. The molecule has 11 heteroatoms. The molecule has 0 aliphatic rings. The van der Waals surface area contributed by atoms with Gasteiger partial charge in [0.15, 0.2) is 6.10 Å². The number of hydrogen-bond acceptors (Lipinski definition) is 5. The quantitative estimate of drug-likeness (QED) is 0.298. The average molecular weight is 550 g/mol. The number of anilines is 1. The lowest BCUT2D eigenvalue weighted by atomic mass is 9.83. The number of aliphatic hydroxyl groups is 1. The summed E-state index contributed by atoms with van der Waals surface area (Å²) in [5.74, 6) is -0.441. The van der Waals surface area contributed by atoms with Gasteiger partial charge < -0.3 is 20.1 Å². The standard InChI is InChI=1S/C26H33Cl2N5O4/c1-5-6-9-19(23(34)24(35)31-22-10-7-8-11-29-22)33(25(36)37)21(26(2,3)4)14-32-15-30-18-12-16(27)17(28)13-20(18)32/h7-8,10-13,15,19,21,23,34H,5-6,9,14H2,1-4H3,(H,36,37)(H,29,31,35)/t19-,21?,23+/m0/s1. The molecule has 3 aromatic rings. The predicted molar refractivity (Wildman–Crippen MR) is 145 cm³/mol. The number of rotatable bonds is 10. The van der Waals surface area contributed by atoms with Gasteiger partial charge >= 0.3 is 6.09 Å². The summed E-state index contributed by atoms with van der Waals surface area (Å²) in [6.07, 6.45) is 1.99. The van der Waals surface area contributed by atoms with Crippen LogP contribution in [0.1, 0.15) is 47.0 Å². The van der Waals surface area contributed by atoms with Crippen molar-refractivity contribution in [3.05, 3.63) is 52.9 Å². The molecule has 0 radical (unpaired) electrons. The van der Waals surface area contributed by atoms with Crippen LogP contribution in [-0.4, -0.2) is 59.8 Å². The fourth-order valence-electron chi connectivity index (χ4n) is 4.34. The van der Waals surface area contributed by atoms with Crippen LogP contribution in [0.25, 0.3) is 11.0 Å². The number of nitrogens with one attached hydrogen (secondary N) is 1. The number of aliphatic hydroxyl groups excluding tert-OH is 1.